The Balaban J connectivity index is 2.07. The Labute approximate surface area is 102 Å². The average Bonchev–Trinajstić information content (AvgIpc) is 2.69. The second-order valence-electron chi connectivity index (χ2n) is 3.80. The Hall–Kier alpha value is -2.57. The van der Waals surface area contributed by atoms with Crippen LogP contribution in [0.4, 0.5) is 11.5 Å². The first-order valence-corrected chi connectivity index (χ1v) is 5.24. The molecular weight excluding hydrogens is 236 g/mol. The van der Waals surface area contributed by atoms with Gasteiger partial charge in [-0.3, -0.25) is 9.59 Å². The highest BCUT2D eigenvalue weighted by Crippen LogP contribution is 2.06. The maximum absolute atomic E-state index is 11.7. The predicted molar refractivity (Wildman–Crippen MR) is 65.0 cm³/mol. The Morgan fingerprint density at radius 3 is 3.00 bits per heavy atom. The molecular formula is C11H12N4O3. The van der Waals surface area contributed by atoms with Gasteiger partial charge in [0.1, 0.15) is 12.3 Å². The van der Waals surface area contributed by atoms with Crippen LogP contribution in [0, 0.1) is 6.92 Å². The lowest BCUT2D eigenvalue weighted by Gasteiger charge is -2.05. The van der Waals surface area contributed by atoms with Gasteiger partial charge in [-0.15, -0.1) is 0 Å². The number of hydrogen-bond donors (Lipinski definition) is 2. The zero-order valence-corrected chi connectivity index (χ0v) is 9.71. The summed E-state index contributed by atoms with van der Waals surface area (Å²) in [4.78, 5) is 23.1. The van der Waals surface area contributed by atoms with Gasteiger partial charge in [0, 0.05) is 24.0 Å². The molecule has 0 bridgehead atoms. The summed E-state index contributed by atoms with van der Waals surface area (Å²) in [6.45, 7) is 1.58. The lowest BCUT2D eigenvalue weighted by molar-refractivity contribution is -0.116. The highest BCUT2D eigenvalue weighted by molar-refractivity contribution is 5.89. The van der Waals surface area contributed by atoms with Gasteiger partial charge in [0.15, 0.2) is 5.82 Å². The van der Waals surface area contributed by atoms with Crippen LogP contribution in [-0.2, 0) is 11.3 Å². The third-order valence-corrected chi connectivity index (χ3v) is 2.22. The summed E-state index contributed by atoms with van der Waals surface area (Å²) >= 11 is 0. The second kappa shape index (κ2) is 4.74. The van der Waals surface area contributed by atoms with Crippen molar-refractivity contribution in [3.63, 3.8) is 0 Å². The van der Waals surface area contributed by atoms with Gasteiger partial charge in [0.05, 0.1) is 0 Å². The van der Waals surface area contributed by atoms with Gasteiger partial charge < -0.3 is 20.1 Å². The monoisotopic (exact) mass is 248 g/mol. The summed E-state index contributed by atoms with van der Waals surface area (Å²) in [7, 11) is 0. The normalized spacial score (nSPS) is 10.3. The molecule has 94 valence electrons. The topological polar surface area (TPSA) is 103 Å². The molecule has 18 heavy (non-hydrogen) atoms. The van der Waals surface area contributed by atoms with Crippen molar-refractivity contribution in [1.29, 1.82) is 0 Å². The van der Waals surface area contributed by atoms with Crippen LogP contribution in [0.25, 0.3) is 0 Å². The van der Waals surface area contributed by atoms with Crippen LogP contribution in [-0.4, -0.2) is 15.6 Å². The molecule has 0 saturated heterocycles. The molecule has 3 N–H and O–H groups in total. The van der Waals surface area contributed by atoms with Crippen molar-refractivity contribution >= 4 is 17.4 Å². The number of rotatable bonds is 3. The number of nitrogen functional groups attached to an aromatic ring is 1. The van der Waals surface area contributed by atoms with E-state index in [4.69, 9.17) is 10.3 Å². The standard InChI is InChI=1S/C11H12N4O3/c1-7-4-9(14-18-7)13-10(16)6-15-5-8(12)2-3-11(15)17/h2-5H,6,12H2,1H3,(H,13,14,16). The first-order valence-electron chi connectivity index (χ1n) is 5.24. The minimum absolute atomic E-state index is 0.129. The zero-order chi connectivity index (χ0) is 13.1. The smallest absolute Gasteiger partial charge is 0.251 e. The number of nitrogens with two attached hydrogens (primary N) is 1. The molecule has 0 unspecified atom stereocenters. The second-order valence-corrected chi connectivity index (χ2v) is 3.80. The third-order valence-electron chi connectivity index (χ3n) is 2.22. The first kappa shape index (κ1) is 11.9. The van der Waals surface area contributed by atoms with E-state index in [0.29, 0.717) is 17.3 Å². The van der Waals surface area contributed by atoms with Crippen LogP contribution < -0.4 is 16.6 Å². The van der Waals surface area contributed by atoms with Crippen LogP contribution in [0.3, 0.4) is 0 Å². The highest BCUT2D eigenvalue weighted by atomic mass is 16.5. The van der Waals surface area contributed by atoms with Gasteiger partial charge in [0.25, 0.3) is 5.56 Å². The van der Waals surface area contributed by atoms with E-state index in [2.05, 4.69) is 10.5 Å². The minimum Gasteiger partial charge on any atom is -0.398 e. The molecule has 2 aromatic rings. The highest BCUT2D eigenvalue weighted by Gasteiger charge is 2.07. The first-order chi connectivity index (χ1) is 8.54. The van der Waals surface area contributed by atoms with Gasteiger partial charge >= 0.3 is 0 Å². The van der Waals surface area contributed by atoms with Crippen LogP contribution >= 0.6 is 0 Å². The molecule has 1 amide bonds. The molecule has 7 nitrogen and oxygen atoms in total. The van der Waals surface area contributed by atoms with Crippen molar-refractivity contribution in [2.75, 3.05) is 11.1 Å². The van der Waals surface area contributed by atoms with E-state index in [1.54, 1.807) is 13.0 Å². The van der Waals surface area contributed by atoms with Crippen molar-refractivity contribution in [2.24, 2.45) is 0 Å². The van der Waals surface area contributed by atoms with Gasteiger partial charge in [0.2, 0.25) is 5.91 Å². The molecule has 0 aliphatic carbocycles. The van der Waals surface area contributed by atoms with E-state index in [-0.39, 0.29) is 18.0 Å². The lowest BCUT2D eigenvalue weighted by atomic mass is 10.4. The summed E-state index contributed by atoms with van der Waals surface area (Å²) in [5.74, 6) is 0.525. The SMILES string of the molecule is Cc1cc(NC(=O)Cn2cc(N)ccc2=O)no1. The number of nitrogens with zero attached hydrogens (tertiary/aromatic N) is 2. The molecule has 0 spiro atoms. The van der Waals surface area contributed by atoms with Gasteiger partial charge in [-0.2, -0.15) is 0 Å². The predicted octanol–water partition coefficient (Wildman–Crippen LogP) is 0.366. The van der Waals surface area contributed by atoms with E-state index < -0.39 is 0 Å². The fraction of sp³-hybridized carbons (Fsp3) is 0.182. The maximum atomic E-state index is 11.7. The summed E-state index contributed by atoms with van der Waals surface area (Å²) in [5, 5.41) is 6.13. The molecule has 0 aromatic carbocycles. The zero-order valence-electron chi connectivity index (χ0n) is 9.71. The quantitative estimate of drug-likeness (QED) is 0.816. The number of pyridine rings is 1. The molecule has 0 aliphatic heterocycles. The Morgan fingerprint density at radius 2 is 2.33 bits per heavy atom. The molecule has 0 aliphatic rings. The van der Waals surface area contributed by atoms with Crippen molar-refractivity contribution in [1.82, 2.24) is 9.72 Å². The minimum atomic E-state index is -0.379. The Morgan fingerprint density at radius 1 is 1.56 bits per heavy atom. The number of aryl methyl sites for hydroxylation is 1. The number of aromatic nitrogens is 2. The number of hydrogen-bond acceptors (Lipinski definition) is 5. The van der Waals surface area contributed by atoms with Crippen LogP contribution in [0.2, 0.25) is 0 Å². The number of nitrogens with one attached hydrogen (secondary N) is 1. The summed E-state index contributed by atoms with van der Waals surface area (Å²) in [6, 6.07) is 4.38. The van der Waals surface area contributed by atoms with E-state index in [9.17, 15) is 9.59 Å². The maximum Gasteiger partial charge on any atom is 0.251 e. The van der Waals surface area contributed by atoms with Crippen LogP contribution in [0.1, 0.15) is 5.76 Å². The molecule has 0 fully saturated rings. The summed E-state index contributed by atoms with van der Waals surface area (Å²) in [6.07, 6.45) is 1.41. The Bertz CT molecular complexity index is 629. The molecule has 0 saturated carbocycles. The fourth-order valence-corrected chi connectivity index (χ4v) is 1.44. The van der Waals surface area contributed by atoms with Crippen molar-refractivity contribution in [3.05, 3.63) is 40.5 Å². The van der Waals surface area contributed by atoms with Gasteiger partial charge in [-0.25, -0.2) is 0 Å². The summed E-state index contributed by atoms with van der Waals surface area (Å²) < 4.78 is 6.03. The van der Waals surface area contributed by atoms with Gasteiger partial charge in [-0.05, 0) is 13.0 Å². The molecule has 0 atom stereocenters. The van der Waals surface area contributed by atoms with E-state index >= 15 is 0 Å². The molecule has 2 aromatic heterocycles. The number of carbonyl (C=O) groups is 1. The Kier molecular flexibility index (Phi) is 3.13. The van der Waals surface area contributed by atoms with Crippen LogP contribution in [0.15, 0.2) is 33.7 Å². The molecule has 7 heteroatoms. The van der Waals surface area contributed by atoms with E-state index in [1.807, 2.05) is 0 Å². The average molecular weight is 248 g/mol. The van der Waals surface area contributed by atoms with Crippen LogP contribution in [0.5, 0.6) is 0 Å². The summed E-state index contributed by atoms with van der Waals surface area (Å²) in [5.41, 5.74) is 5.66. The number of anilines is 2. The molecule has 2 rings (SSSR count). The van der Waals surface area contributed by atoms with E-state index in [1.165, 1.54) is 22.9 Å². The lowest BCUT2D eigenvalue weighted by Crippen LogP contribution is -2.27. The fourth-order valence-electron chi connectivity index (χ4n) is 1.44. The van der Waals surface area contributed by atoms with Gasteiger partial charge in [-0.1, -0.05) is 5.16 Å². The van der Waals surface area contributed by atoms with E-state index in [0.717, 1.165) is 0 Å². The van der Waals surface area contributed by atoms with Crippen molar-refractivity contribution < 1.29 is 9.32 Å². The third kappa shape index (κ3) is 2.76. The number of amides is 1. The molecule has 2 heterocycles. The molecule has 0 radical (unpaired) electrons. The largest absolute Gasteiger partial charge is 0.398 e. The van der Waals surface area contributed by atoms with Crippen molar-refractivity contribution in [3.8, 4) is 0 Å². The number of carbonyl (C=O) groups excluding carboxylic acids is 1. The van der Waals surface area contributed by atoms with Crippen molar-refractivity contribution in [2.45, 2.75) is 13.5 Å².